The van der Waals surface area contributed by atoms with E-state index in [4.69, 9.17) is 23.2 Å². The molecule has 4 N–H and O–H groups in total. The molecule has 2 aromatic rings. The average molecular weight is 281 g/mol. The summed E-state index contributed by atoms with van der Waals surface area (Å²) >= 11 is 7.48. The molecule has 0 aliphatic carbocycles. The van der Waals surface area contributed by atoms with Crippen molar-refractivity contribution in [3.8, 4) is 0 Å². The number of nitrogens with two attached hydrogens (primary N) is 2. The molecule has 0 bridgehead atoms. The van der Waals surface area contributed by atoms with Gasteiger partial charge >= 0.3 is 0 Å². The van der Waals surface area contributed by atoms with Crippen molar-refractivity contribution in [2.75, 3.05) is 0 Å². The summed E-state index contributed by atoms with van der Waals surface area (Å²) in [5.74, 6) is 5.67. The van der Waals surface area contributed by atoms with E-state index in [1.165, 1.54) is 11.8 Å². The van der Waals surface area contributed by atoms with E-state index >= 15 is 0 Å². The number of amidine groups is 1. The maximum Gasteiger partial charge on any atom is 0.177 e. The van der Waals surface area contributed by atoms with Crippen LogP contribution in [0.3, 0.4) is 0 Å². The van der Waals surface area contributed by atoms with Crippen LogP contribution in [0.15, 0.2) is 29.4 Å². The minimum Gasteiger partial charge on any atom is -0.377 e. The SMILES string of the molecule is Cc1ccc2cc(CSC(N)=NN)c(Cl)nc2c1. The first-order chi connectivity index (χ1) is 8.60. The molecule has 1 heterocycles. The number of benzene rings is 1. The van der Waals surface area contributed by atoms with E-state index in [2.05, 4.69) is 10.1 Å². The first-order valence-electron chi connectivity index (χ1n) is 5.32. The Morgan fingerprint density at radius 1 is 1.44 bits per heavy atom. The fraction of sp³-hybridized carbons (Fsp3) is 0.167. The lowest BCUT2D eigenvalue weighted by Crippen LogP contribution is -2.09. The zero-order chi connectivity index (χ0) is 13.1. The number of fused-ring (bicyclic) bond motifs is 1. The Balaban J connectivity index is 2.34. The molecule has 0 spiro atoms. The maximum atomic E-state index is 6.15. The second-order valence-corrected chi connectivity index (χ2v) is 5.24. The molecule has 0 saturated carbocycles. The van der Waals surface area contributed by atoms with Gasteiger partial charge in [0.25, 0.3) is 0 Å². The zero-order valence-electron chi connectivity index (χ0n) is 9.85. The predicted molar refractivity (Wildman–Crippen MR) is 78.6 cm³/mol. The van der Waals surface area contributed by atoms with Crippen LogP contribution in [0.2, 0.25) is 5.15 Å². The van der Waals surface area contributed by atoms with Gasteiger partial charge in [0.05, 0.1) is 5.52 Å². The van der Waals surface area contributed by atoms with Gasteiger partial charge in [-0.3, -0.25) is 0 Å². The van der Waals surface area contributed by atoms with Crippen LogP contribution in [0.1, 0.15) is 11.1 Å². The Hall–Kier alpha value is -1.46. The number of hydrogen-bond acceptors (Lipinski definition) is 4. The Morgan fingerprint density at radius 3 is 2.94 bits per heavy atom. The molecule has 94 valence electrons. The van der Waals surface area contributed by atoms with Crippen molar-refractivity contribution in [3.05, 3.63) is 40.5 Å². The fourth-order valence-corrected chi connectivity index (χ4v) is 2.48. The average Bonchev–Trinajstić information content (AvgIpc) is 2.35. The Labute approximate surface area is 114 Å². The van der Waals surface area contributed by atoms with E-state index in [0.29, 0.717) is 16.1 Å². The second kappa shape index (κ2) is 5.46. The highest BCUT2D eigenvalue weighted by Crippen LogP contribution is 2.24. The highest BCUT2D eigenvalue weighted by Gasteiger charge is 2.06. The van der Waals surface area contributed by atoms with E-state index in [-0.39, 0.29) is 0 Å². The molecule has 0 unspecified atom stereocenters. The van der Waals surface area contributed by atoms with Crippen molar-refractivity contribution in [1.29, 1.82) is 0 Å². The van der Waals surface area contributed by atoms with Crippen molar-refractivity contribution in [2.24, 2.45) is 16.7 Å². The lowest BCUT2D eigenvalue weighted by atomic mass is 10.1. The summed E-state index contributed by atoms with van der Waals surface area (Å²) < 4.78 is 0. The number of nitrogens with zero attached hydrogens (tertiary/aromatic N) is 2. The molecule has 1 aromatic carbocycles. The molecule has 1 aromatic heterocycles. The number of hydrazone groups is 1. The number of hydrogen-bond donors (Lipinski definition) is 2. The third-order valence-electron chi connectivity index (χ3n) is 2.50. The Kier molecular flexibility index (Phi) is 3.93. The Bertz CT molecular complexity index is 612. The van der Waals surface area contributed by atoms with Crippen LogP contribution in [0.25, 0.3) is 10.9 Å². The molecule has 6 heteroatoms. The van der Waals surface area contributed by atoms with Gasteiger partial charge in [0, 0.05) is 16.7 Å². The third-order valence-corrected chi connectivity index (χ3v) is 3.69. The summed E-state index contributed by atoms with van der Waals surface area (Å²) in [6, 6.07) is 8.10. The van der Waals surface area contributed by atoms with Crippen LogP contribution in [0.5, 0.6) is 0 Å². The summed E-state index contributed by atoms with van der Waals surface area (Å²) in [4.78, 5) is 4.38. The molecule has 0 saturated heterocycles. The van der Waals surface area contributed by atoms with Crippen molar-refractivity contribution < 1.29 is 0 Å². The van der Waals surface area contributed by atoms with Gasteiger partial charge in [0.15, 0.2) is 5.17 Å². The molecule has 4 nitrogen and oxygen atoms in total. The number of rotatable bonds is 2. The van der Waals surface area contributed by atoms with Gasteiger partial charge in [-0.15, -0.1) is 0 Å². The maximum absolute atomic E-state index is 6.15. The lowest BCUT2D eigenvalue weighted by molar-refractivity contribution is 1.25. The number of aromatic nitrogens is 1. The van der Waals surface area contributed by atoms with E-state index in [0.717, 1.165) is 22.0 Å². The smallest absolute Gasteiger partial charge is 0.177 e. The van der Waals surface area contributed by atoms with Gasteiger partial charge < -0.3 is 11.6 Å². The normalized spacial score (nSPS) is 12.0. The van der Waals surface area contributed by atoms with Gasteiger partial charge in [0.1, 0.15) is 5.15 Å². The molecule has 0 fully saturated rings. The van der Waals surface area contributed by atoms with E-state index in [1.807, 2.05) is 31.2 Å². The highest BCUT2D eigenvalue weighted by atomic mass is 35.5. The van der Waals surface area contributed by atoms with E-state index in [1.54, 1.807) is 0 Å². The second-order valence-electron chi connectivity index (χ2n) is 3.89. The van der Waals surface area contributed by atoms with Crippen LogP contribution >= 0.6 is 23.4 Å². The molecule has 0 amide bonds. The van der Waals surface area contributed by atoms with Crippen molar-refractivity contribution in [3.63, 3.8) is 0 Å². The van der Waals surface area contributed by atoms with Crippen molar-refractivity contribution >= 4 is 39.4 Å². The minimum atomic E-state index is 0.329. The number of pyridine rings is 1. The topological polar surface area (TPSA) is 77.3 Å². The first-order valence-corrected chi connectivity index (χ1v) is 6.68. The molecular formula is C12H13ClN4S. The quantitative estimate of drug-likeness (QED) is 0.291. The van der Waals surface area contributed by atoms with Crippen LogP contribution < -0.4 is 11.6 Å². The highest BCUT2D eigenvalue weighted by molar-refractivity contribution is 8.13. The third kappa shape index (κ3) is 2.86. The minimum absolute atomic E-state index is 0.329. The first kappa shape index (κ1) is 13.0. The molecule has 0 radical (unpaired) electrons. The van der Waals surface area contributed by atoms with Crippen LogP contribution in [-0.2, 0) is 5.75 Å². The number of thioether (sulfide) groups is 1. The van der Waals surface area contributed by atoms with Gasteiger partial charge in [0.2, 0.25) is 0 Å². The van der Waals surface area contributed by atoms with Gasteiger partial charge in [-0.25, -0.2) is 4.98 Å². The summed E-state index contributed by atoms with van der Waals surface area (Å²) in [6.45, 7) is 2.02. The van der Waals surface area contributed by atoms with Crippen LogP contribution in [0.4, 0.5) is 0 Å². The lowest BCUT2D eigenvalue weighted by Gasteiger charge is -2.06. The monoisotopic (exact) mass is 280 g/mol. The zero-order valence-corrected chi connectivity index (χ0v) is 11.4. The standard InChI is InChI=1S/C12H13ClN4S/c1-7-2-3-8-5-9(6-18-12(14)17-15)11(13)16-10(8)4-7/h2-5H,6,15H2,1H3,(H2,14,17). The number of aryl methyl sites for hydroxylation is 1. The summed E-state index contributed by atoms with van der Waals surface area (Å²) in [6.07, 6.45) is 0. The van der Waals surface area contributed by atoms with Gasteiger partial charge in [-0.05, 0) is 24.6 Å². The van der Waals surface area contributed by atoms with Crippen molar-refractivity contribution in [1.82, 2.24) is 4.98 Å². The van der Waals surface area contributed by atoms with E-state index in [9.17, 15) is 0 Å². The Morgan fingerprint density at radius 2 is 2.22 bits per heavy atom. The largest absolute Gasteiger partial charge is 0.377 e. The molecular weight excluding hydrogens is 268 g/mol. The van der Waals surface area contributed by atoms with Crippen molar-refractivity contribution in [2.45, 2.75) is 12.7 Å². The van der Waals surface area contributed by atoms with E-state index < -0.39 is 0 Å². The van der Waals surface area contributed by atoms with Crippen LogP contribution in [-0.4, -0.2) is 10.2 Å². The molecule has 0 atom stereocenters. The van der Waals surface area contributed by atoms with Gasteiger partial charge in [-0.2, -0.15) is 5.10 Å². The molecule has 2 rings (SSSR count). The van der Waals surface area contributed by atoms with Crippen LogP contribution in [0, 0.1) is 6.92 Å². The molecule has 0 aliphatic heterocycles. The molecule has 18 heavy (non-hydrogen) atoms. The summed E-state index contributed by atoms with van der Waals surface area (Å²) in [5, 5.41) is 5.28. The van der Waals surface area contributed by atoms with Gasteiger partial charge in [-0.1, -0.05) is 35.5 Å². The molecule has 0 aliphatic rings. The fourth-order valence-electron chi connectivity index (χ4n) is 1.59. The summed E-state index contributed by atoms with van der Waals surface area (Å²) in [7, 11) is 0. The predicted octanol–water partition coefficient (Wildman–Crippen LogP) is 2.62. The number of halogens is 1. The summed E-state index contributed by atoms with van der Waals surface area (Å²) in [5.41, 5.74) is 8.51.